The minimum atomic E-state index is -0.219. The lowest BCUT2D eigenvalue weighted by molar-refractivity contribution is 0.102. The molecule has 0 radical (unpaired) electrons. The smallest absolute Gasteiger partial charge is 0.257 e. The zero-order valence-electron chi connectivity index (χ0n) is 11.2. The van der Waals surface area contributed by atoms with Gasteiger partial charge in [-0.2, -0.15) is 0 Å². The number of unbranched alkanes of at least 4 members (excludes halogenated alkanes) is 2. The SMILES string of the molecule is CCCCCc1nnc(NC(=O)c2cccc(Cl)c2)s1. The topological polar surface area (TPSA) is 54.9 Å². The number of carbonyl (C=O) groups excluding carboxylic acids is 1. The second-order valence-electron chi connectivity index (χ2n) is 4.42. The van der Waals surface area contributed by atoms with Crippen molar-refractivity contribution in [3.05, 3.63) is 39.9 Å². The number of rotatable bonds is 6. The van der Waals surface area contributed by atoms with E-state index in [4.69, 9.17) is 11.6 Å². The summed E-state index contributed by atoms with van der Waals surface area (Å²) in [6.07, 6.45) is 4.38. The maximum absolute atomic E-state index is 12.0. The third-order valence-corrected chi connectivity index (χ3v) is 3.90. The number of hydrogen-bond acceptors (Lipinski definition) is 4. The van der Waals surface area contributed by atoms with Crippen molar-refractivity contribution in [3.8, 4) is 0 Å². The standard InChI is InChI=1S/C14H16ClN3OS/c1-2-3-4-8-12-17-18-14(20-12)16-13(19)10-6-5-7-11(15)9-10/h5-7,9H,2-4,8H2,1H3,(H,16,18,19). The molecule has 0 aliphatic heterocycles. The number of anilines is 1. The van der Waals surface area contributed by atoms with Gasteiger partial charge in [0.25, 0.3) is 5.91 Å². The van der Waals surface area contributed by atoms with Gasteiger partial charge in [-0.1, -0.05) is 48.8 Å². The minimum Gasteiger partial charge on any atom is -0.296 e. The first kappa shape index (κ1) is 14.9. The van der Waals surface area contributed by atoms with Crippen LogP contribution >= 0.6 is 22.9 Å². The molecule has 6 heteroatoms. The zero-order chi connectivity index (χ0) is 14.4. The molecule has 1 aromatic carbocycles. The largest absolute Gasteiger partial charge is 0.296 e. The Balaban J connectivity index is 1.94. The highest BCUT2D eigenvalue weighted by Crippen LogP contribution is 2.19. The van der Waals surface area contributed by atoms with E-state index < -0.39 is 0 Å². The molecule has 1 heterocycles. The Morgan fingerprint density at radius 1 is 1.35 bits per heavy atom. The molecule has 1 amide bonds. The number of carbonyl (C=O) groups is 1. The molecule has 4 nitrogen and oxygen atoms in total. The summed E-state index contributed by atoms with van der Waals surface area (Å²) in [5.74, 6) is -0.219. The molecule has 0 atom stereocenters. The van der Waals surface area contributed by atoms with Gasteiger partial charge in [0.15, 0.2) is 0 Å². The van der Waals surface area contributed by atoms with E-state index in [0.717, 1.165) is 17.8 Å². The number of hydrogen-bond donors (Lipinski definition) is 1. The third-order valence-electron chi connectivity index (χ3n) is 2.77. The Bertz CT molecular complexity index is 585. The van der Waals surface area contributed by atoms with Gasteiger partial charge in [-0.15, -0.1) is 10.2 Å². The second kappa shape index (κ2) is 7.36. The number of nitrogens with one attached hydrogen (secondary N) is 1. The first-order valence-corrected chi connectivity index (χ1v) is 7.78. The molecule has 0 unspecified atom stereocenters. The highest BCUT2D eigenvalue weighted by molar-refractivity contribution is 7.15. The third kappa shape index (κ3) is 4.28. The zero-order valence-corrected chi connectivity index (χ0v) is 12.8. The summed E-state index contributed by atoms with van der Waals surface area (Å²) in [5, 5.41) is 12.8. The first-order valence-electron chi connectivity index (χ1n) is 6.58. The molecule has 0 saturated heterocycles. The quantitative estimate of drug-likeness (QED) is 0.814. The van der Waals surface area contributed by atoms with Crippen LogP contribution in [-0.4, -0.2) is 16.1 Å². The average molecular weight is 310 g/mol. The maximum Gasteiger partial charge on any atom is 0.257 e. The molecule has 106 valence electrons. The van der Waals surface area contributed by atoms with Crippen molar-refractivity contribution in [1.29, 1.82) is 0 Å². The molecule has 0 aliphatic rings. The van der Waals surface area contributed by atoms with Crippen LogP contribution in [-0.2, 0) is 6.42 Å². The first-order chi connectivity index (χ1) is 9.69. The highest BCUT2D eigenvalue weighted by Gasteiger charge is 2.10. The lowest BCUT2D eigenvalue weighted by Crippen LogP contribution is -2.11. The number of aryl methyl sites for hydroxylation is 1. The van der Waals surface area contributed by atoms with E-state index in [1.54, 1.807) is 24.3 Å². The van der Waals surface area contributed by atoms with Crippen LogP contribution in [0.1, 0.15) is 41.6 Å². The number of benzene rings is 1. The van der Waals surface area contributed by atoms with Gasteiger partial charge in [0.1, 0.15) is 5.01 Å². The van der Waals surface area contributed by atoms with E-state index in [1.165, 1.54) is 24.2 Å². The van der Waals surface area contributed by atoms with E-state index in [2.05, 4.69) is 22.4 Å². The van der Waals surface area contributed by atoms with Crippen LogP contribution in [0, 0.1) is 0 Å². The molecular formula is C14H16ClN3OS. The Kier molecular flexibility index (Phi) is 5.49. The molecule has 0 spiro atoms. The number of nitrogens with zero attached hydrogens (tertiary/aromatic N) is 2. The maximum atomic E-state index is 12.0. The van der Waals surface area contributed by atoms with Crippen LogP contribution in [0.4, 0.5) is 5.13 Å². The van der Waals surface area contributed by atoms with E-state index in [1.807, 2.05) is 0 Å². The molecule has 1 aromatic heterocycles. The molecular weight excluding hydrogens is 294 g/mol. The van der Waals surface area contributed by atoms with E-state index >= 15 is 0 Å². The summed E-state index contributed by atoms with van der Waals surface area (Å²) in [4.78, 5) is 12.0. The molecule has 0 saturated carbocycles. The highest BCUT2D eigenvalue weighted by atomic mass is 35.5. The molecule has 1 N–H and O–H groups in total. The fraction of sp³-hybridized carbons (Fsp3) is 0.357. The lowest BCUT2D eigenvalue weighted by atomic mass is 10.2. The summed E-state index contributed by atoms with van der Waals surface area (Å²) in [7, 11) is 0. The van der Waals surface area contributed by atoms with Gasteiger partial charge in [-0.25, -0.2) is 0 Å². The fourth-order valence-corrected chi connectivity index (χ4v) is 2.70. The van der Waals surface area contributed by atoms with Crippen LogP contribution in [0.3, 0.4) is 0 Å². The number of halogens is 1. The number of amides is 1. The van der Waals surface area contributed by atoms with E-state index in [-0.39, 0.29) is 5.91 Å². The Labute approximate surface area is 127 Å². The van der Waals surface area contributed by atoms with Crippen molar-refractivity contribution in [3.63, 3.8) is 0 Å². The van der Waals surface area contributed by atoms with Gasteiger partial charge in [-0.3, -0.25) is 10.1 Å². The van der Waals surface area contributed by atoms with Crippen molar-refractivity contribution in [1.82, 2.24) is 10.2 Å². The summed E-state index contributed by atoms with van der Waals surface area (Å²) in [5.41, 5.74) is 0.514. The predicted octanol–water partition coefficient (Wildman–Crippen LogP) is 4.18. The Hall–Kier alpha value is -1.46. The van der Waals surface area contributed by atoms with Crippen LogP contribution in [0.25, 0.3) is 0 Å². The van der Waals surface area contributed by atoms with Gasteiger partial charge < -0.3 is 0 Å². The second-order valence-corrected chi connectivity index (χ2v) is 5.92. The summed E-state index contributed by atoms with van der Waals surface area (Å²) in [6, 6.07) is 6.81. The van der Waals surface area contributed by atoms with Gasteiger partial charge in [0, 0.05) is 17.0 Å². The van der Waals surface area contributed by atoms with E-state index in [9.17, 15) is 4.79 Å². The normalized spacial score (nSPS) is 10.5. The van der Waals surface area contributed by atoms with Crippen LogP contribution in [0.2, 0.25) is 5.02 Å². The van der Waals surface area contributed by atoms with Gasteiger partial charge in [-0.05, 0) is 24.6 Å². The predicted molar refractivity (Wildman–Crippen MR) is 82.5 cm³/mol. The lowest BCUT2D eigenvalue weighted by Gasteiger charge is -2.01. The Morgan fingerprint density at radius 2 is 2.20 bits per heavy atom. The van der Waals surface area contributed by atoms with Gasteiger partial charge >= 0.3 is 0 Å². The molecule has 0 fully saturated rings. The molecule has 2 aromatic rings. The molecule has 0 aliphatic carbocycles. The van der Waals surface area contributed by atoms with Crippen molar-refractivity contribution in [2.75, 3.05) is 5.32 Å². The average Bonchev–Trinajstić information content (AvgIpc) is 2.86. The fourth-order valence-electron chi connectivity index (χ4n) is 1.73. The Morgan fingerprint density at radius 3 is 2.95 bits per heavy atom. The van der Waals surface area contributed by atoms with Crippen molar-refractivity contribution >= 4 is 34.0 Å². The minimum absolute atomic E-state index is 0.219. The van der Waals surface area contributed by atoms with Crippen molar-refractivity contribution in [2.24, 2.45) is 0 Å². The van der Waals surface area contributed by atoms with Gasteiger partial charge in [0.2, 0.25) is 5.13 Å². The van der Waals surface area contributed by atoms with Crippen molar-refractivity contribution < 1.29 is 4.79 Å². The molecule has 2 rings (SSSR count). The summed E-state index contributed by atoms with van der Waals surface area (Å²) in [6.45, 7) is 2.16. The van der Waals surface area contributed by atoms with Gasteiger partial charge in [0.05, 0.1) is 0 Å². The molecule has 20 heavy (non-hydrogen) atoms. The number of aromatic nitrogens is 2. The van der Waals surface area contributed by atoms with E-state index in [0.29, 0.717) is 15.7 Å². The van der Waals surface area contributed by atoms with Crippen LogP contribution in [0.5, 0.6) is 0 Å². The summed E-state index contributed by atoms with van der Waals surface area (Å²) >= 11 is 7.28. The van der Waals surface area contributed by atoms with Crippen LogP contribution in [0.15, 0.2) is 24.3 Å². The molecule has 0 bridgehead atoms. The van der Waals surface area contributed by atoms with Crippen molar-refractivity contribution in [2.45, 2.75) is 32.6 Å². The summed E-state index contributed by atoms with van der Waals surface area (Å²) < 4.78 is 0. The monoisotopic (exact) mass is 309 g/mol. The van der Waals surface area contributed by atoms with Crippen LogP contribution < -0.4 is 5.32 Å².